The number of allylic oxidation sites excluding steroid dienone is 6. The Bertz CT molecular complexity index is 2250. The van der Waals surface area contributed by atoms with Gasteiger partial charge in [-0.1, -0.05) is 130 Å². The maximum atomic E-state index is 5.12. The van der Waals surface area contributed by atoms with E-state index in [1.165, 1.54) is 21.6 Å². The zero-order valence-electron chi connectivity index (χ0n) is 30.1. The summed E-state index contributed by atoms with van der Waals surface area (Å²) in [5, 5.41) is 4.21. The van der Waals surface area contributed by atoms with Gasteiger partial charge in [0.25, 0.3) is 0 Å². The minimum atomic E-state index is -0.139. The fourth-order valence-corrected chi connectivity index (χ4v) is 8.40. The highest BCUT2D eigenvalue weighted by Gasteiger charge is 2.31. The summed E-state index contributed by atoms with van der Waals surface area (Å²) in [6.07, 6.45) is 12.9. The number of thiophene rings is 2. The molecule has 0 bridgehead atoms. The molecule has 258 valence electrons. The van der Waals surface area contributed by atoms with E-state index >= 15 is 0 Å². The van der Waals surface area contributed by atoms with Crippen LogP contribution in [0, 0.1) is 0 Å². The highest BCUT2D eigenvalue weighted by molar-refractivity contribution is 7.13. The molecule has 0 spiro atoms. The van der Waals surface area contributed by atoms with Gasteiger partial charge in [0.05, 0.1) is 27.7 Å². The van der Waals surface area contributed by atoms with Crippen LogP contribution >= 0.6 is 22.7 Å². The molecule has 3 nitrogen and oxygen atoms in total. The van der Waals surface area contributed by atoms with Crippen LogP contribution in [0.4, 0.5) is 0 Å². The Morgan fingerprint density at radius 2 is 1.46 bits per heavy atom. The van der Waals surface area contributed by atoms with E-state index in [1.807, 2.05) is 6.07 Å². The second kappa shape index (κ2) is 16.0. The van der Waals surface area contributed by atoms with Crippen molar-refractivity contribution in [1.29, 1.82) is 0 Å². The first kappa shape index (κ1) is 35.2. The van der Waals surface area contributed by atoms with Crippen molar-refractivity contribution in [3.8, 4) is 33.2 Å². The predicted octanol–water partition coefficient (Wildman–Crippen LogP) is 13.5. The summed E-state index contributed by atoms with van der Waals surface area (Å²) >= 11 is 3.45. The summed E-state index contributed by atoms with van der Waals surface area (Å²) in [6.45, 7) is 11.2. The van der Waals surface area contributed by atoms with Crippen LogP contribution in [0.25, 0.3) is 44.5 Å². The summed E-state index contributed by atoms with van der Waals surface area (Å²) in [4.78, 5) is 17.6. The predicted molar refractivity (Wildman–Crippen MR) is 225 cm³/mol. The SMILES string of the molecule is C=C(/N=C(\C=C(/C)c1cccs1)C1=CCCC=C1)c1ccc(C(CC)(CC)c2ccc(-c3nc(-c4ccccc4)cc(-c4cccs4)n3)cc2)cc1. The van der Waals surface area contributed by atoms with Crippen molar-refractivity contribution < 1.29 is 0 Å². The first-order valence-electron chi connectivity index (χ1n) is 18.0. The Balaban J connectivity index is 1.18. The van der Waals surface area contributed by atoms with E-state index in [0.717, 1.165) is 81.4 Å². The molecule has 0 atom stereocenters. The number of aromatic nitrogens is 2. The van der Waals surface area contributed by atoms with Crippen LogP contribution in [0.3, 0.4) is 0 Å². The fraction of sp³-hybridized carbons (Fsp3) is 0.170. The molecule has 52 heavy (non-hydrogen) atoms. The van der Waals surface area contributed by atoms with E-state index in [9.17, 15) is 0 Å². The fourth-order valence-electron chi connectivity index (χ4n) is 7.01. The highest BCUT2D eigenvalue weighted by Crippen LogP contribution is 2.40. The highest BCUT2D eigenvalue weighted by atomic mass is 32.1. The summed E-state index contributed by atoms with van der Waals surface area (Å²) < 4.78 is 0. The van der Waals surface area contributed by atoms with Crippen molar-refractivity contribution in [2.24, 2.45) is 4.99 Å². The minimum absolute atomic E-state index is 0.139. The molecule has 1 aliphatic rings. The van der Waals surface area contributed by atoms with E-state index < -0.39 is 0 Å². The van der Waals surface area contributed by atoms with Crippen LogP contribution in [0.2, 0.25) is 0 Å². The third-order valence-corrected chi connectivity index (χ3v) is 11.9. The van der Waals surface area contributed by atoms with Crippen molar-refractivity contribution in [3.05, 3.63) is 178 Å². The van der Waals surface area contributed by atoms with Gasteiger partial charge in [-0.25, -0.2) is 15.0 Å². The lowest BCUT2D eigenvalue weighted by Gasteiger charge is -2.33. The number of nitrogens with zero attached hydrogens (tertiary/aromatic N) is 3. The molecule has 5 heteroatoms. The van der Waals surface area contributed by atoms with Gasteiger partial charge >= 0.3 is 0 Å². The summed E-state index contributed by atoms with van der Waals surface area (Å²) in [7, 11) is 0. The molecule has 3 aromatic carbocycles. The lowest BCUT2D eigenvalue weighted by Crippen LogP contribution is -2.26. The summed E-state index contributed by atoms with van der Waals surface area (Å²) in [5.41, 5.74) is 11.5. The first-order chi connectivity index (χ1) is 25.5. The molecular formula is C47H43N3S2. The maximum absolute atomic E-state index is 5.12. The molecule has 3 heterocycles. The molecule has 0 fully saturated rings. The Morgan fingerprint density at radius 1 is 0.769 bits per heavy atom. The van der Waals surface area contributed by atoms with Crippen molar-refractivity contribution in [1.82, 2.24) is 9.97 Å². The van der Waals surface area contributed by atoms with Gasteiger partial charge in [0.15, 0.2) is 5.82 Å². The molecule has 1 aliphatic carbocycles. The summed E-state index contributed by atoms with van der Waals surface area (Å²) in [6, 6.07) is 38.7. The second-order valence-electron chi connectivity index (χ2n) is 13.1. The van der Waals surface area contributed by atoms with Gasteiger partial charge in [-0.05, 0) is 95.5 Å². The average Bonchev–Trinajstić information content (AvgIpc) is 3.96. The lowest BCUT2D eigenvalue weighted by molar-refractivity contribution is 0.478. The van der Waals surface area contributed by atoms with E-state index in [1.54, 1.807) is 22.7 Å². The quantitative estimate of drug-likeness (QED) is 0.118. The molecule has 0 aliphatic heterocycles. The van der Waals surface area contributed by atoms with Crippen LogP contribution in [0.5, 0.6) is 0 Å². The number of rotatable bonds is 12. The monoisotopic (exact) mass is 713 g/mol. The number of hydrogen-bond acceptors (Lipinski definition) is 5. The van der Waals surface area contributed by atoms with E-state index in [2.05, 4.69) is 166 Å². The Hall–Kier alpha value is -5.23. The van der Waals surface area contributed by atoms with Crippen LogP contribution in [-0.4, -0.2) is 15.7 Å². The van der Waals surface area contributed by atoms with Gasteiger partial charge in [-0.15, -0.1) is 22.7 Å². The van der Waals surface area contributed by atoms with E-state index in [-0.39, 0.29) is 5.41 Å². The van der Waals surface area contributed by atoms with Gasteiger partial charge in [-0.2, -0.15) is 0 Å². The normalized spacial score (nSPS) is 13.6. The number of benzene rings is 3. The molecule has 6 aromatic rings. The molecular weight excluding hydrogens is 671 g/mol. The topological polar surface area (TPSA) is 38.1 Å². The Morgan fingerprint density at radius 3 is 2.10 bits per heavy atom. The Kier molecular flexibility index (Phi) is 10.8. The van der Waals surface area contributed by atoms with Crippen LogP contribution in [0.1, 0.15) is 68.0 Å². The second-order valence-corrected chi connectivity index (χ2v) is 15.0. The third-order valence-electron chi connectivity index (χ3n) is 10.1. The smallest absolute Gasteiger partial charge is 0.160 e. The first-order valence-corrected chi connectivity index (χ1v) is 19.8. The van der Waals surface area contributed by atoms with Crippen molar-refractivity contribution >= 4 is 39.7 Å². The molecule has 3 aromatic heterocycles. The molecule has 0 N–H and O–H groups in total. The maximum Gasteiger partial charge on any atom is 0.160 e. The molecule has 0 saturated carbocycles. The lowest BCUT2D eigenvalue weighted by atomic mass is 9.70. The van der Waals surface area contributed by atoms with Gasteiger partial charge in [0, 0.05) is 21.4 Å². The van der Waals surface area contributed by atoms with Crippen molar-refractivity contribution in [2.45, 2.75) is 51.9 Å². The van der Waals surface area contributed by atoms with Crippen LogP contribution in [-0.2, 0) is 5.41 Å². The van der Waals surface area contributed by atoms with E-state index in [0.29, 0.717) is 0 Å². The van der Waals surface area contributed by atoms with Gasteiger partial charge in [-0.3, -0.25) is 0 Å². The van der Waals surface area contributed by atoms with E-state index in [4.69, 9.17) is 15.0 Å². The molecule has 7 rings (SSSR count). The van der Waals surface area contributed by atoms with Gasteiger partial charge in [0.2, 0.25) is 0 Å². The zero-order valence-corrected chi connectivity index (χ0v) is 31.7. The zero-order chi connectivity index (χ0) is 35.9. The van der Waals surface area contributed by atoms with Crippen molar-refractivity contribution in [3.63, 3.8) is 0 Å². The van der Waals surface area contributed by atoms with Crippen LogP contribution < -0.4 is 0 Å². The standard InChI is InChI=1S/C47H43N3S2/c1-5-47(6-2,39-25-21-35(22-26-39)34(4)48-41(36-15-9-7-10-16-36)31-33(3)44-19-13-29-51-44)40-27-23-38(24-28-40)46-49-42(37-17-11-8-12-18-37)32-43(50-46)45-20-14-30-52-45/h8-9,11-32H,4-7,10H2,1-3H3/b33-31+,48-41+. The van der Waals surface area contributed by atoms with Gasteiger partial charge < -0.3 is 0 Å². The number of hydrogen-bond donors (Lipinski definition) is 0. The van der Waals surface area contributed by atoms with Crippen LogP contribution in [0.15, 0.2) is 161 Å². The Labute approximate surface area is 316 Å². The molecule has 0 unspecified atom stereocenters. The minimum Gasteiger partial charge on any atom is -0.248 e. The summed E-state index contributed by atoms with van der Waals surface area (Å²) in [5.74, 6) is 0.734. The molecule has 0 radical (unpaired) electrons. The molecule has 0 saturated heterocycles. The third kappa shape index (κ3) is 7.52. The largest absolute Gasteiger partial charge is 0.248 e. The molecule has 0 amide bonds. The van der Waals surface area contributed by atoms with Gasteiger partial charge in [0.1, 0.15) is 0 Å². The average molecular weight is 714 g/mol. The number of aliphatic imine (C=N–C) groups is 1. The van der Waals surface area contributed by atoms with Crippen molar-refractivity contribution in [2.75, 3.05) is 0 Å².